The number of nitrogens with zero attached hydrogens (tertiary/aromatic N) is 1. The Bertz CT molecular complexity index is 812. The van der Waals surface area contributed by atoms with E-state index in [4.69, 9.17) is 16.6 Å². The molecule has 6 heteroatoms. The van der Waals surface area contributed by atoms with Crippen LogP contribution in [0.3, 0.4) is 0 Å². The van der Waals surface area contributed by atoms with Crippen LogP contribution in [0.25, 0.3) is 10.9 Å². The van der Waals surface area contributed by atoms with Crippen molar-refractivity contribution in [3.05, 3.63) is 54.7 Å². The predicted molar refractivity (Wildman–Crippen MR) is 85.8 cm³/mol. The number of aromatic nitrogens is 1. The summed E-state index contributed by atoms with van der Waals surface area (Å²) in [4.78, 5) is 12.4. The van der Waals surface area contributed by atoms with E-state index >= 15 is 0 Å². The monoisotopic (exact) mass is 316 g/mol. The third kappa shape index (κ3) is 2.71. The number of ether oxygens (including phenoxy) is 1. The van der Waals surface area contributed by atoms with Crippen LogP contribution < -0.4 is 14.3 Å². The Kier molecular flexibility index (Phi) is 3.89. The highest BCUT2D eigenvalue weighted by Crippen LogP contribution is 2.23. The first kappa shape index (κ1) is 14.3. The molecule has 0 bridgehead atoms. The lowest BCUT2D eigenvalue weighted by molar-refractivity contribution is 0.254. The number of nitrogens with one attached hydrogen (secondary N) is 1. The average Bonchev–Trinajstić information content (AvgIpc) is 2.98. The van der Waals surface area contributed by atoms with Gasteiger partial charge >= 0.3 is 6.03 Å². The van der Waals surface area contributed by atoms with Gasteiger partial charge in [-0.05, 0) is 48.5 Å². The molecule has 2 aromatic carbocycles. The molecule has 1 aromatic heterocycles. The maximum atomic E-state index is 12.4. The van der Waals surface area contributed by atoms with E-state index in [0.717, 1.165) is 16.7 Å². The molecule has 0 saturated carbocycles. The summed E-state index contributed by atoms with van der Waals surface area (Å²) in [6.45, 7) is 0. The fourth-order valence-corrected chi connectivity index (χ4v) is 2.30. The number of benzene rings is 2. The quantitative estimate of drug-likeness (QED) is 0.785. The van der Waals surface area contributed by atoms with Gasteiger partial charge in [-0.3, -0.25) is 4.57 Å². The van der Waals surface area contributed by atoms with Crippen LogP contribution in [-0.2, 0) is 0 Å². The van der Waals surface area contributed by atoms with Crippen molar-refractivity contribution in [3.8, 4) is 11.5 Å². The van der Waals surface area contributed by atoms with Crippen LogP contribution in [0.5, 0.6) is 11.5 Å². The fourth-order valence-electron chi connectivity index (χ4n) is 2.20. The molecule has 1 N–H and O–H groups in total. The van der Waals surface area contributed by atoms with Crippen molar-refractivity contribution in [1.82, 2.24) is 4.57 Å². The highest BCUT2D eigenvalue weighted by molar-refractivity contribution is 6.09. The zero-order valence-electron chi connectivity index (χ0n) is 11.7. The lowest BCUT2D eigenvalue weighted by atomic mass is 10.2. The Morgan fingerprint density at radius 2 is 1.82 bits per heavy atom. The van der Waals surface area contributed by atoms with Gasteiger partial charge in [-0.1, -0.05) is 0 Å². The first-order valence-electron chi connectivity index (χ1n) is 6.56. The summed E-state index contributed by atoms with van der Waals surface area (Å²) in [7, 11) is 1.60. The molecule has 5 nitrogen and oxygen atoms in total. The third-order valence-corrected chi connectivity index (χ3v) is 3.49. The van der Waals surface area contributed by atoms with Crippen molar-refractivity contribution in [1.29, 1.82) is 0 Å². The first-order valence-corrected chi connectivity index (χ1v) is 6.87. The number of hydrogen-bond acceptors (Lipinski definition) is 3. The van der Waals surface area contributed by atoms with E-state index in [9.17, 15) is 4.79 Å². The molecule has 0 aliphatic heterocycles. The third-order valence-electron chi connectivity index (χ3n) is 3.31. The predicted octanol–water partition coefficient (Wildman–Crippen LogP) is 4.26. The number of carbonyl (C=O) groups is 1. The molecule has 3 aromatic rings. The molecule has 0 fully saturated rings. The van der Waals surface area contributed by atoms with Crippen LogP contribution in [0.2, 0.25) is 0 Å². The molecular formula is C16H13ClN2O3. The molecule has 3 rings (SSSR count). The van der Waals surface area contributed by atoms with Gasteiger partial charge in [0, 0.05) is 17.3 Å². The Morgan fingerprint density at radius 3 is 2.50 bits per heavy atom. The number of fused-ring (bicyclic) bond motifs is 1. The Morgan fingerprint density at radius 1 is 1.09 bits per heavy atom. The van der Waals surface area contributed by atoms with E-state index in [2.05, 4.69) is 9.61 Å². The lowest BCUT2D eigenvalue weighted by Crippen LogP contribution is -2.18. The summed E-state index contributed by atoms with van der Waals surface area (Å²) in [5.74, 6) is 1.26. The van der Waals surface area contributed by atoms with Crippen LogP contribution in [0.4, 0.5) is 10.5 Å². The normalized spacial score (nSPS) is 10.5. The molecule has 1 heterocycles. The van der Waals surface area contributed by atoms with Gasteiger partial charge in [-0.25, -0.2) is 4.79 Å². The standard InChI is InChI=1S/C16H13ClN2O3/c1-21-13-4-2-12(3-5-13)18-16(20)19-9-8-11-10-14(22-17)6-7-15(11)19/h2-10H,1H3,(H,18,20). The van der Waals surface area contributed by atoms with Crippen LogP contribution in [-0.4, -0.2) is 17.7 Å². The maximum absolute atomic E-state index is 12.4. The SMILES string of the molecule is COc1ccc(NC(=O)n2ccc3cc(OCl)ccc32)cc1. The number of hydrogen-bond donors (Lipinski definition) is 1. The number of anilines is 1. The van der Waals surface area contributed by atoms with E-state index in [1.165, 1.54) is 4.57 Å². The highest BCUT2D eigenvalue weighted by Gasteiger charge is 2.10. The summed E-state index contributed by atoms with van der Waals surface area (Å²) in [5, 5.41) is 3.69. The maximum Gasteiger partial charge on any atom is 0.330 e. The van der Waals surface area contributed by atoms with Crippen LogP contribution in [0, 0.1) is 0 Å². The molecule has 0 spiro atoms. The average molecular weight is 317 g/mol. The summed E-state index contributed by atoms with van der Waals surface area (Å²) >= 11 is 5.33. The van der Waals surface area contributed by atoms with Gasteiger partial charge in [0.2, 0.25) is 0 Å². The Balaban J connectivity index is 1.85. The molecule has 0 aliphatic rings. The molecule has 0 saturated heterocycles. The Hall–Kier alpha value is -2.66. The molecule has 0 aliphatic carbocycles. The number of rotatable bonds is 3. The summed E-state index contributed by atoms with van der Waals surface area (Å²) in [6, 6.07) is 13.9. The van der Waals surface area contributed by atoms with E-state index in [-0.39, 0.29) is 6.03 Å². The number of halogens is 1. The minimum absolute atomic E-state index is 0.250. The smallest absolute Gasteiger partial charge is 0.330 e. The van der Waals surface area contributed by atoms with Crippen molar-refractivity contribution in [2.75, 3.05) is 12.4 Å². The van der Waals surface area contributed by atoms with Crippen LogP contribution >= 0.6 is 11.9 Å². The lowest BCUT2D eigenvalue weighted by Gasteiger charge is -2.08. The van der Waals surface area contributed by atoms with Crippen LogP contribution in [0.15, 0.2) is 54.7 Å². The molecule has 0 radical (unpaired) electrons. The number of amides is 1. The van der Waals surface area contributed by atoms with Gasteiger partial charge in [0.1, 0.15) is 23.4 Å². The summed E-state index contributed by atoms with van der Waals surface area (Å²) < 4.78 is 11.3. The highest BCUT2D eigenvalue weighted by atomic mass is 35.5. The minimum Gasteiger partial charge on any atom is -0.497 e. The fraction of sp³-hybridized carbons (Fsp3) is 0.0625. The zero-order chi connectivity index (χ0) is 15.5. The first-order chi connectivity index (χ1) is 10.7. The van der Waals surface area contributed by atoms with Gasteiger partial charge < -0.3 is 14.3 Å². The second-order valence-corrected chi connectivity index (χ2v) is 4.80. The summed E-state index contributed by atoms with van der Waals surface area (Å²) in [5.41, 5.74) is 1.46. The van der Waals surface area contributed by atoms with E-state index in [1.54, 1.807) is 55.8 Å². The van der Waals surface area contributed by atoms with Crippen molar-refractivity contribution < 1.29 is 13.8 Å². The number of methoxy groups -OCH3 is 1. The van der Waals surface area contributed by atoms with Crippen molar-refractivity contribution in [2.24, 2.45) is 0 Å². The zero-order valence-corrected chi connectivity index (χ0v) is 12.5. The largest absolute Gasteiger partial charge is 0.497 e. The van der Waals surface area contributed by atoms with Gasteiger partial charge in [-0.15, -0.1) is 0 Å². The molecule has 112 valence electrons. The van der Waals surface area contributed by atoms with Crippen LogP contribution in [0.1, 0.15) is 0 Å². The van der Waals surface area contributed by atoms with Gasteiger partial charge in [0.15, 0.2) is 0 Å². The van der Waals surface area contributed by atoms with Crippen molar-refractivity contribution in [2.45, 2.75) is 0 Å². The van der Waals surface area contributed by atoms with Gasteiger partial charge in [-0.2, -0.15) is 0 Å². The molecule has 22 heavy (non-hydrogen) atoms. The van der Waals surface area contributed by atoms with E-state index in [0.29, 0.717) is 11.4 Å². The van der Waals surface area contributed by atoms with Crippen molar-refractivity contribution in [3.63, 3.8) is 0 Å². The summed E-state index contributed by atoms with van der Waals surface area (Å²) in [6.07, 6.45) is 1.70. The second-order valence-electron chi connectivity index (χ2n) is 4.64. The molecular weight excluding hydrogens is 304 g/mol. The van der Waals surface area contributed by atoms with Gasteiger partial charge in [0.05, 0.1) is 12.6 Å². The van der Waals surface area contributed by atoms with Crippen molar-refractivity contribution >= 4 is 34.5 Å². The Labute approximate surface area is 132 Å². The van der Waals surface area contributed by atoms with E-state index < -0.39 is 0 Å². The second kappa shape index (κ2) is 5.99. The molecule has 0 unspecified atom stereocenters. The molecule has 1 amide bonds. The number of carbonyl (C=O) groups excluding carboxylic acids is 1. The minimum atomic E-state index is -0.250. The van der Waals surface area contributed by atoms with E-state index in [1.807, 2.05) is 6.07 Å². The topological polar surface area (TPSA) is 52.5 Å². The van der Waals surface area contributed by atoms with Gasteiger partial charge in [0.25, 0.3) is 0 Å². The molecule has 0 atom stereocenters.